The first kappa shape index (κ1) is 20.3. The third-order valence-corrected chi connectivity index (χ3v) is 5.29. The maximum atomic E-state index is 13.3. The van der Waals surface area contributed by atoms with Gasteiger partial charge in [0.15, 0.2) is 0 Å². The van der Waals surface area contributed by atoms with Crippen molar-refractivity contribution in [2.45, 2.75) is 19.7 Å². The van der Waals surface area contributed by atoms with Crippen molar-refractivity contribution in [1.82, 2.24) is 5.32 Å². The van der Waals surface area contributed by atoms with Gasteiger partial charge in [0.1, 0.15) is 24.0 Å². The molecule has 0 aliphatic rings. The van der Waals surface area contributed by atoms with Gasteiger partial charge in [0.2, 0.25) is 0 Å². The average molecular weight is 424 g/mol. The second-order valence-electron chi connectivity index (χ2n) is 7.02. The summed E-state index contributed by atoms with van der Waals surface area (Å²) < 4.78 is 32.5. The summed E-state index contributed by atoms with van der Waals surface area (Å²) in [5.74, 6) is 0.115. The number of hydrogen-bond acceptors (Lipinski definition) is 2. The molecule has 0 aliphatic heterocycles. The van der Waals surface area contributed by atoms with Gasteiger partial charge in [-0.05, 0) is 46.7 Å². The molecule has 4 aromatic carbocycles. The largest absolute Gasteiger partial charge is 0.488 e. The Morgan fingerprint density at radius 2 is 1.57 bits per heavy atom. The summed E-state index contributed by atoms with van der Waals surface area (Å²) in [5, 5.41) is 5.95. The smallest absolute Gasteiger partial charge is 0.124 e. The molecule has 0 bridgehead atoms. The van der Waals surface area contributed by atoms with Crippen LogP contribution in [0.1, 0.15) is 16.7 Å². The van der Waals surface area contributed by atoms with Gasteiger partial charge in [-0.3, -0.25) is 0 Å². The first-order chi connectivity index (χ1) is 14.6. The van der Waals surface area contributed by atoms with Gasteiger partial charge in [-0.1, -0.05) is 60.1 Å². The van der Waals surface area contributed by atoms with E-state index in [9.17, 15) is 8.78 Å². The van der Waals surface area contributed by atoms with Crippen molar-refractivity contribution in [3.63, 3.8) is 0 Å². The van der Waals surface area contributed by atoms with Crippen molar-refractivity contribution < 1.29 is 13.5 Å². The fraction of sp³-hybridized carbons (Fsp3) is 0.120. The SMILES string of the molecule is Fc1ccc(CNCc2c(OCc3ccc(F)cc3Cl)ccc3ccccc23)cc1. The number of nitrogens with one attached hydrogen (secondary N) is 1. The summed E-state index contributed by atoms with van der Waals surface area (Å²) >= 11 is 6.13. The fourth-order valence-corrected chi connectivity index (χ4v) is 3.58. The van der Waals surface area contributed by atoms with Gasteiger partial charge < -0.3 is 10.1 Å². The Morgan fingerprint density at radius 3 is 2.37 bits per heavy atom. The standard InChI is InChI=1S/C25H20ClF2NO/c26-24-13-21(28)11-7-19(24)16-30-25-12-8-18-3-1-2-4-22(18)23(25)15-29-14-17-5-9-20(27)10-6-17/h1-13,29H,14-16H2. The van der Waals surface area contributed by atoms with Crippen LogP contribution >= 0.6 is 11.6 Å². The van der Waals surface area contributed by atoms with Crippen LogP contribution in [0.2, 0.25) is 5.02 Å². The maximum Gasteiger partial charge on any atom is 0.124 e. The van der Waals surface area contributed by atoms with Gasteiger partial charge >= 0.3 is 0 Å². The number of fused-ring (bicyclic) bond motifs is 1. The first-order valence-electron chi connectivity index (χ1n) is 9.62. The van der Waals surface area contributed by atoms with Gasteiger partial charge in [0, 0.05) is 24.2 Å². The van der Waals surface area contributed by atoms with Gasteiger partial charge in [0.25, 0.3) is 0 Å². The van der Waals surface area contributed by atoms with E-state index in [2.05, 4.69) is 17.4 Å². The number of hydrogen-bond donors (Lipinski definition) is 1. The van der Waals surface area contributed by atoms with Crippen LogP contribution in [0.15, 0.2) is 78.9 Å². The van der Waals surface area contributed by atoms with Crippen LogP contribution in [0.25, 0.3) is 10.8 Å². The Balaban J connectivity index is 1.55. The van der Waals surface area contributed by atoms with Crippen LogP contribution in [-0.2, 0) is 19.7 Å². The molecule has 0 saturated heterocycles. The van der Waals surface area contributed by atoms with Gasteiger partial charge in [-0.2, -0.15) is 0 Å². The Morgan fingerprint density at radius 1 is 0.800 bits per heavy atom. The minimum Gasteiger partial charge on any atom is -0.488 e. The zero-order valence-electron chi connectivity index (χ0n) is 16.2. The lowest BCUT2D eigenvalue weighted by Crippen LogP contribution is -2.14. The summed E-state index contributed by atoms with van der Waals surface area (Å²) in [7, 11) is 0. The highest BCUT2D eigenvalue weighted by Gasteiger charge is 2.11. The van der Waals surface area contributed by atoms with E-state index in [0.29, 0.717) is 18.1 Å². The van der Waals surface area contributed by atoms with E-state index in [4.69, 9.17) is 16.3 Å². The lowest BCUT2D eigenvalue weighted by molar-refractivity contribution is 0.302. The number of rotatable bonds is 7. The minimum absolute atomic E-state index is 0.239. The van der Waals surface area contributed by atoms with E-state index in [0.717, 1.165) is 33.2 Å². The molecule has 152 valence electrons. The first-order valence-corrected chi connectivity index (χ1v) is 10.0. The van der Waals surface area contributed by atoms with Crippen molar-refractivity contribution >= 4 is 22.4 Å². The molecular formula is C25H20ClF2NO. The molecule has 4 rings (SSSR count). The van der Waals surface area contributed by atoms with Crippen LogP contribution in [-0.4, -0.2) is 0 Å². The molecule has 0 saturated carbocycles. The van der Waals surface area contributed by atoms with Crippen molar-refractivity contribution in [2.75, 3.05) is 0 Å². The summed E-state index contributed by atoms with van der Waals surface area (Å²) in [6, 6.07) is 22.8. The molecule has 0 aromatic heterocycles. The summed E-state index contributed by atoms with van der Waals surface area (Å²) in [5.41, 5.74) is 2.74. The van der Waals surface area contributed by atoms with Crippen molar-refractivity contribution in [3.05, 3.63) is 112 Å². The Bertz CT molecular complexity index is 1160. The number of benzene rings is 4. The lowest BCUT2D eigenvalue weighted by atomic mass is 10.0. The van der Waals surface area contributed by atoms with E-state index in [1.807, 2.05) is 24.3 Å². The normalized spacial score (nSPS) is 11.0. The zero-order chi connectivity index (χ0) is 20.9. The van der Waals surface area contributed by atoms with Crippen molar-refractivity contribution in [1.29, 1.82) is 0 Å². The average Bonchev–Trinajstić information content (AvgIpc) is 2.75. The molecule has 0 fully saturated rings. The molecule has 0 unspecified atom stereocenters. The molecular weight excluding hydrogens is 404 g/mol. The topological polar surface area (TPSA) is 21.3 Å². The molecule has 0 heterocycles. The zero-order valence-corrected chi connectivity index (χ0v) is 16.9. The van der Waals surface area contributed by atoms with Crippen LogP contribution in [0.4, 0.5) is 8.78 Å². The van der Waals surface area contributed by atoms with E-state index in [1.165, 1.54) is 24.3 Å². The van der Waals surface area contributed by atoms with Crippen LogP contribution in [0.3, 0.4) is 0 Å². The predicted octanol–water partition coefficient (Wildman–Crippen LogP) is 6.64. The maximum absolute atomic E-state index is 13.3. The molecule has 0 aliphatic carbocycles. The molecule has 0 amide bonds. The molecule has 0 spiro atoms. The quantitative estimate of drug-likeness (QED) is 0.359. The van der Waals surface area contributed by atoms with Crippen LogP contribution < -0.4 is 10.1 Å². The van der Waals surface area contributed by atoms with E-state index >= 15 is 0 Å². The molecule has 30 heavy (non-hydrogen) atoms. The summed E-state index contributed by atoms with van der Waals surface area (Å²) in [6.45, 7) is 1.42. The predicted molar refractivity (Wildman–Crippen MR) is 117 cm³/mol. The van der Waals surface area contributed by atoms with E-state index in [1.54, 1.807) is 18.2 Å². The highest BCUT2D eigenvalue weighted by molar-refractivity contribution is 6.31. The van der Waals surface area contributed by atoms with Gasteiger partial charge in [-0.25, -0.2) is 8.78 Å². The van der Waals surface area contributed by atoms with Crippen molar-refractivity contribution in [3.8, 4) is 5.75 Å². The summed E-state index contributed by atoms with van der Waals surface area (Å²) in [6.07, 6.45) is 0. The second-order valence-corrected chi connectivity index (χ2v) is 7.43. The lowest BCUT2D eigenvalue weighted by Gasteiger charge is -2.16. The molecule has 0 radical (unpaired) electrons. The van der Waals surface area contributed by atoms with E-state index < -0.39 is 0 Å². The number of ether oxygens (including phenoxy) is 1. The number of halogens is 3. The molecule has 1 N–H and O–H groups in total. The third kappa shape index (κ3) is 4.78. The molecule has 5 heteroatoms. The second kappa shape index (κ2) is 9.24. The van der Waals surface area contributed by atoms with Crippen LogP contribution in [0, 0.1) is 11.6 Å². The molecule has 4 aromatic rings. The Kier molecular flexibility index (Phi) is 6.26. The highest BCUT2D eigenvalue weighted by Crippen LogP contribution is 2.29. The molecule has 0 atom stereocenters. The fourth-order valence-electron chi connectivity index (χ4n) is 3.36. The van der Waals surface area contributed by atoms with Gasteiger partial charge in [-0.15, -0.1) is 0 Å². The minimum atomic E-state index is -0.375. The Hall–Kier alpha value is -2.95. The van der Waals surface area contributed by atoms with Crippen molar-refractivity contribution in [2.24, 2.45) is 0 Å². The highest BCUT2D eigenvalue weighted by atomic mass is 35.5. The summed E-state index contributed by atoms with van der Waals surface area (Å²) in [4.78, 5) is 0. The van der Waals surface area contributed by atoms with E-state index in [-0.39, 0.29) is 18.2 Å². The van der Waals surface area contributed by atoms with Crippen LogP contribution in [0.5, 0.6) is 5.75 Å². The third-order valence-electron chi connectivity index (χ3n) is 4.94. The molecule has 2 nitrogen and oxygen atoms in total. The van der Waals surface area contributed by atoms with Gasteiger partial charge in [0.05, 0.1) is 5.02 Å². The monoisotopic (exact) mass is 423 g/mol. The Labute approximate surface area is 179 Å².